The fraction of sp³-hybridized carbons (Fsp3) is 0.312. The molecule has 2 heterocycles. The zero-order valence-corrected chi connectivity index (χ0v) is 13.8. The van der Waals surface area contributed by atoms with Crippen molar-refractivity contribution in [3.05, 3.63) is 41.4 Å². The van der Waals surface area contributed by atoms with E-state index in [1.54, 1.807) is 23.1 Å². The topological polar surface area (TPSA) is 49.3 Å². The molecule has 0 saturated carbocycles. The molecule has 1 saturated heterocycles. The molecule has 0 radical (unpaired) electrons. The normalized spacial score (nSPS) is 15.4. The number of alkyl halides is 3. The van der Waals surface area contributed by atoms with Crippen molar-refractivity contribution in [3.8, 4) is 11.3 Å². The van der Waals surface area contributed by atoms with Gasteiger partial charge in [-0.15, -0.1) is 10.2 Å². The summed E-state index contributed by atoms with van der Waals surface area (Å²) >= 11 is 6.12. The Balaban J connectivity index is 1.67. The molecule has 132 valence electrons. The molecule has 1 aliphatic heterocycles. The lowest BCUT2D eigenvalue weighted by Crippen LogP contribution is -2.52. The molecule has 2 aromatic rings. The van der Waals surface area contributed by atoms with Crippen LogP contribution in [0.15, 0.2) is 36.4 Å². The number of nitrogens with zero attached hydrogens (tertiary/aromatic N) is 4. The van der Waals surface area contributed by atoms with Gasteiger partial charge in [0.25, 0.3) is 0 Å². The predicted molar refractivity (Wildman–Crippen MR) is 87.3 cm³/mol. The maximum atomic E-state index is 12.5. The number of halogens is 4. The van der Waals surface area contributed by atoms with Gasteiger partial charge in [0.15, 0.2) is 5.82 Å². The fourth-order valence-corrected chi connectivity index (χ4v) is 2.86. The van der Waals surface area contributed by atoms with Crippen LogP contribution in [0.4, 0.5) is 19.0 Å². The summed E-state index contributed by atoms with van der Waals surface area (Å²) in [7, 11) is 0. The Morgan fingerprint density at radius 3 is 2.24 bits per heavy atom. The first-order valence-electron chi connectivity index (χ1n) is 7.56. The molecule has 0 aliphatic carbocycles. The van der Waals surface area contributed by atoms with Crippen molar-refractivity contribution in [2.24, 2.45) is 0 Å². The van der Waals surface area contributed by atoms with Crippen LogP contribution < -0.4 is 4.90 Å². The monoisotopic (exact) mass is 370 g/mol. The van der Waals surface area contributed by atoms with Gasteiger partial charge in [-0.25, -0.2) is 0 Å². The van der Waals surface area contributed by atoms with E-state index >= 15 is 0 Å². The third-order valence-electron chi connectivity index (χ3n) is 3.93. The van der Waals surface area contributed by atoms with Gasteiger partial charge >= 0.3 is 12.1 Å². The van der Waals surface area contributed by atoms with E-state index in [9.17, 15) is 18.0 Å². The number of carbonyl (C=O) groups is 1. The Hall–Kier alpha value is -2.35. The van der Waals surface area contributed by atoms with Crippen molar-refractivity contribution < 1.29 is 18.0 Å². The Morgan fingerprint density at radius 2 is 1.68 bits per heavy atom. The lowest BCUT2D eigenvalue weighted by molar-refractivity contribution is -0.185. The van der Waals surface area contributed by atoms with E-state index in [1.807, 2.05) is 18.2 Å². The summed E-state index contributed by atoms with van der Waals surface area (Å²) in [5.41, 5.74) is 1.36. The maximum absolute atomic E-state index is 12.5. The Morgan fingerprint density at radius 1 is 1.00 bits per heavy atom. The second-order valence-electron chi connectivity index (χ2n) is 5.53. The highest BCUT2D eigenvalue weighted by atomic mass is 35.5. The standard InChI is InChI=1S/C16H14ClF3N4O/c17-12-4-2-1-3-11(12)13-5-6-14(22-21-13)23-7-9-24(10-8-23)15(25)16(18,19)20/h1-6H,7-10H2. The van der Waals surface area contributed by atoms with Crippen molar-refractivity contribution in [1.29, 1.82) is 0 Å². The van der Waals surface area contributed by atoms with E-state index in [4.69, 9.17) is 11.6 Å². The van der Waals surface area contributed by atoms with Crippen molar-refractivity contribution in [2.45, 2.75) is 6.18 Å². The van der Waals surface area contributed by atoms with Crippen molar-refractivity contribution >= 4 is 23.3 Å². The Kier molecular flexibility index (Phi) is 4.80. The first-order valence-corrected chi connectivity index (χ1v) is 7.94. The zero-order chi connectivity index (χ0) is 18.0. The molecule has 9 heteroatoms. The fourth-order valence-electron chi connectivity index (χ4n) is 2.62. The lowest BCUT2D eigenvalue weighted by Gasteiger charge is -2.35. The lowest BCUT2D eigenvalue weighted by atomic mass is 10.1. The average molecular weight is 371 g/mol. The van der Waals surface area contributed by atoms with Crippen LogP contribution in [-0.2, 0) is 4.79 Å². The van der Waals surface area contributed by atoms with Gasteiger partial charge in [0.05, 0.1) is 10.7 Å². The number of anilines is 1. The van der Waals surface area contributed by atoms with E-state index in [1.165, 1.54) is 0 Å². The number of rotatable bonds is 2. The van der Waals surface area contributed by atoms with Crippen LogP contribution in [0.25, 0.3) is 11.3 Å². The van der Waals surface area contributed by atoms with Crippen molar-refractivity contribution in [3.63, 3.8) is 0 Å². The summed E-state index contributed by atoms with van der Waals surface area (Å²) in [5.74, 6) is -1.25. The molecule has 25 heavy (non-hydrogen) atoms. The summed E-state index contributed by atoms with van der Waals surface area (Å²) in [6.07, 6.45) is -4.83. The number of hydrogen-bond donors (Lipinski definition) is 0. The largest absolute Gasteiger partial charge is 0.471 e. The average Bonchev–Trinajstić information content (AvgIpc) is 2.61. The molecule has 1 fully saturated rings. The molecule has 5 nitrogen and oxygen atoms in total. The number of carbonyl (C=O) groups excluding carboxylic acids is 1. The van der Waals surface area contributed by atoms with Gasteiger partial charge in [0.2, 0.25) is 0 Å². The molecular formula is C16H14ClF3N4O. The number of piperazine rings is 1. The maximum Gasteiger partial charge on any atom is 0.471 e. The molecule has 3 rings (SSSR count). The van der Waals surface area contributed by atoms with E-state index < -0.39 is 12.1 Å². The molecule has 1 aromatic carbocycles. The van der Waals surface area contributed by atoms with Crippen LogP contribution in [0.3, 0.4) is 0 Å². The highest BCUT2D eigenvalue weighted by Gasteiger charge is 2.43. The SMILES string of the molecule is O=C(N1CCN(c2ccc(-c3ccccc3Cl)nn2)CC1)C(F)(F)F. The third-order valence-corrected chi connectivity index (χ3v) is 4.26. The summed E-state index contributed by atoms with van der Waals surface area (Å²) in [4.78, 5) is 13.8. The van der Waals surface area contributed by atoms with Crippen molar-refractivity contribution in [2.75, 3.05) is 31.1 Å². The zero-order valence-electron chi connectivity index (χ0n) is 13.0. The van der Waals surface area contributed by atoms with Gasteiger partial charge in [-0.3, -0.25) is 4.79 Å². The number of aromatic nitrogens is 2. The number of benzene rings is 1. The molecule has 0 N–H and O–H groups in total. The van der Waals surface area contributed by atoms with E-state index in [-0.39, 0.29) is 26.2 Å². The van der Waals surface area contributed by atoms with Gasteiger partial charge in [0.1, 0.15) is 0 Å². The third kappa shape index (κ3) is 3.84. The van der Waals surface area contributed by atoms with Crippen LogP contribution >= 0.6 is 11.6 Å². The van der Waals surface area contributed by atoms with Crippen LogP contribution in [0.2, 0.25) is 5.02 Å². The molecule has 0 unspecified atom stereocenters. The molecule has 0 spiro atoms. The summed E-state index contributed by atoms with van der Waals surface area (Å²) in [6, 6.07) is 10.7. The highest BCUT2D eigenvalue weighted by Crippen LogP contribution is 2.26. The van der Waals surface area contributed by atoms with E-state index in [0.717, 1.165) is 10.5 Å². The Bertz CT molecular complexity index is 759. The molecule has 1 aromatic heterocycles. The molecule has 0 atom stereocenters. The molecule has 1 amide bonds. The van der Waals surface area contributed by atoms with Gasteiger partial charge in [0, 0.05) is 31.7 Å². The van der Waals surface area contributed by atoms with Gasteiger partial charge in [-0.1, -0.05) is 29.8 Å². The number of hydrogen-bond acceptors (Lipinski definition) is 4. The van der Waals surface area contributed by atoms with Crippen LogP contribution in [0.1, 0.15) is 0 Å². The van der Waals surface area contributed by atoms with Gasteiger partial charge < -0.3 is 9.80 Å². The first kappa shape index (κ1) is 17.5. The predicted octanol–water partition coefficient (Wildman–Crippen LogP) is 3.01. The van der Waals surface area contributed by atoms with Crippen molar-refractivity contribution in [1.82, 2.24) is 15.1 Å². The highest BCUT2D eigenvalue weighted by molar-refractivity contribution is 6.33. The minimum atomic E-state index is -4.83. The molecule has 1 aliphatic rings. The minimum Gasteiger partial charge on any atom is -0.352 e. The van der Waals surface area contributed by atoms with Crippen LogP contribution in [-0.4, -0.2) is 53.4 Å². The number of amides is 1. The van der Waals surface area contributed by atoms with Gasteiger partial charge in [-0.05, 0) is 18.2 Å². The summed E-state index contributed by atoms with van der Waals surface area (Å²) in [6.45, 7) is 0.516. The first-order chi connectivity index (χ1) is 11.9. The quantitative estimate of drug-likeness (QED) is 0.815. The van der Waals surface area contributed by atoms with E-state index in [0.29, 0.717) is 16.5 Å². The summed E-state index contributed by atoms with van der Waals surface area (Å²) < 4.78 is 37.4. The van der Waals surface area contributed by atoms with Crippen LogP contribution in [0, 0.1) is 0 Å². The summed E-state index contributed by atoms with van der Waals surface area (Å²) in [5, 5.41) is 8.83. The Labute approximate surface area is 147 Å². The second-order valence-corrected chi connectivity index (χ2v) is 5.94. The molecular weight excluding hydrogens is 357 g/mol. The van der Waals surface area contributed by atoms with E-state index in [2.05, 4.69) is 10.2 Å². The minimum absolute atomic E-state index is 0.00765. The smallest absolute Gasteiger partial charge is 0.352 e. The second kappa shape index (κ2) is 6.87. The van der Waals surface area contributed by atoms with Crippen LogP contribution in [0.5, 0.6) is 0 Å². The molecule has 0 bridgehead atoms. The van der Waals surface area contributed by atoms with Gasteiger partial charge in [-0.2, -0.15) is 13.2 Å².